The molecule has 1 heterocycles. The van der Waals surface area contributed by atoms with Crippen molar-refractivity contribution in [2.75, 3.05) is 38.2 Å². The Bertz CT molecular complexity index is 504. The third-order valence-electron chi connectivity index (χ3n) is 4.28. The molecule has 1 aromatic carbocycles. The molecule has 4 nitrogen and oxygen atoms in total. The van der Waals surface area contributed by atoms with E-state index >= 15 is 0 Å². The molecule has 0 radical (unpaired) electrons. The van der Waals surface area contributed by atoms with E-state index in [1.807, 2.05) is 11.8 Å². The van der Waals surface area contributed by atoms with E-state index in [0.717, 1.165) is 44.4 Å². The highest BCUT2D eigenvalue weighted by atomic mass is 32.2. The van der Waals surface area contributed by atoms with Crippen LogP contribution in [0.4, 0.5) is 0 Å². The minimum atomic E-state index is 0.164. The Labute approximate surface area is 150 Å². The molecule has 2 rings (SSSR count). The zero-order valence-corrected chi connectivity index (χ0v) is 16.0. The van der Waals surface area contributed by atoms with Gasteiger partial charge in [0.2, 0.25) is 0 Å². The molecule has 0 spiro atoms. The number of benzene rings is 1. The zero-order valence-electron chi connectivity index (χ0n) is 15.2. The van der Waals surface area contributed by atoms with Crippen LogP contribution in [0.3, 0.4) is 0 Å². The first-order chi connectivity index (χ1) is 11.7. The number of nitrogens with zero attached hydrogens (tertiary/aromatic N) is 1. The van der Waals surface area contributed by atoms with E-state index in [1.165, 1.54) is 17.5 Å². The second-order valence-corrected chi connectivity index (χ2v) is 7.23. The molecule has 1 aliphatic rings. The normalized spacial score (nSPS) is 21.5. The van der Waals surface area contributed by atoms with Crippen molar-refractivity contribution >= 4 is 17.7 Å². The summed E-state index contributed by atoms with van der Waals surface area (Å²) < 4.78 is 6.09. The zero-order chi connectivity index (χ0) is 17.2. The van der Waals surface area contributed by atoms with Crippen LogP contribution in [0.1, 0.15) is 37.0 Å². The number of nitrogens with one attached hydrogen (secondary N) is 2. The van der Waals surface area contributed by atoms with Crippen molar-refractivity contribution in [1.82, 2.24) is 10.6 Å². The van der Waals surface area contributed by atoms with Gasteiger partial charge in [-0.25, -0.2) is 0 Å². The standard InChI is InChI=1S/C19H31N3OS/c1-4-20-19(21-11-13-24-3)22-14-17-6-5-12-23-18(17)16-9-7-15(2)8-10-16/h7-10,17-18H,4-6,11-14H2,1-3H3,(H2,20,21,22). The number of aryl methyl sites for hydroxylation is 1. The van der Waals surface area contributed by atoms with Crippen LogP contribution < -0.4 is 10.6 Å². The Morgan fingerprint density at radius 1 is 1.29 bits per heavy atom. The summed E-state index contributed by atoms with van der Waals surface area (Å²) in [5.74, 6) is 2.44. The molecule has 1 fully saturated rings. The average molecular weight is 350 g/mol. The van der Waals surface area contributed by atoms with Crippen LogP contribution in [-0.4, -0.2) is 44.2 Å². The van der Waals surface area contributed by atoms with Crippen LogP contribution in [-0.2, 0) is 4.74 Å². The van der Waals surface area contributed by atoms with Gasteiger partial charge in [0.05, 0.1) is 6.10 Å². The maximum atomic E-state index is 6.09. The summed E-state index contributed by atoms with van der Waals surface area (Å²) in [5.41, 5.74) is 2.57. The Balaban J connectivity index is 2.00. The van der Waals surface area contributed by atoms with Crippen LogP contribution >= 0.6 is 11.8 Å². The molecule has 24 heavy (non-hydrogen) atoms. The average Bonchev–Trinajstić information content (AvgIpc) is 2.61. The molecule has 1 aromatic rings. The minimum absolute atomic E-state index is 0.164. The van der Waals surface area contributed by atoms with Gasteiger partial charge in [0, 0.05) is 37.9 Å². The number of hydrogen-bond acceptors (Lipinski definition) is 3. The number of thioether (sulfide) groups is 1. The van der Waals surface area contributed by atoms with E-state index in [4.69, 9.17) is 9.73 Å². The summed E-state index contributed by atoms with van der Waals surface area (Å²) in [5, 5.41) is 6.73. The van der Waals surface area contributed by atoms with Gasteiger partial charge in [-0.2, -0.15) is 11.8 Å². The van der Waals surface area contributed by atoms with Crippen molar-refractivity contribution in [3.63, 3.8) is 0 Å². The van der Waals surface area contributed by atoms with Gasteiger partial charge >= 0.3 is 0 Å². The summed E-state index contributed by atoms with van der Waals surface area (Å²) in [7, 11) is 0. The lowest BCUT2D eigenvalue weighted by molar-refractivity contribution is -0.0250. The van der Waals surface area contributed by atoms with Gasteiger partial charge in [0.15, 0.2) is 5.96 Å². The Kier molecular flexibility index (Phi) is 8.47. The predicted octanol–water partition coefficient (Wildman–Crippen LogP) is 3.38. The van der Waals surface area contributed by atoms with Gasteiger partial charge in [-0.1, -0.05) is 29.8 Å². The van der Waals surface area contributed by atoms with Gasteiger partial charge in [0.1, 0.15) is 0 Å². The third-order valence-corrected chi connectivity index (χ3v) is 4.89. The lowest BCUT2D eigenvalue weighted by atomic mass is 9.89. The lowest BCUT2D eigenvalue weighted by Gasteiger charge is -2.31. The van der Waals surface area contributed by atoms with E-state index in [2.05, 4.69) is 55.0 Å². The topological polar surface area (TPSA) is 45.7 Å². The van der Waals surface area contributed by atoms with Gasteiger partial charge < -0.3 is 15.4 Å². The SMILES string of the molecule is CCNC(=NCC1CCCOC1c1ccc(C)cc1)NCCSC. The van der Waals surface area contributed by atoms with Crippen molar-refractivity contribution in [3.05, 3.63) is 35.4 Å². The summed E-state index contributed by atoms with van der Waals surface area (Å²) in [6.45, 7) is 7.70. The summed E-state index contributed by atoms with van der Waals surface area (Å²) >= 11 is 1.84. The fraction of sp³-hybridized carbons (Fsp3) is 0.632. The number of guanidine groups is 1. The first kappa shape index (κ1) is 19.1. The van der Waals surface area contributed by atoms with E-state index in [1.54, 1.807) is 0 Å². The van der Waals surface area contributed by atoms with Crippen molar-refractivity contribution in [3.8, 4) is 0 Å². The number of hydrogen-bond donors (Lipinski definition) is 2. The quantitative estimate of drug-likeness (QED) is 0.450. The van der Waals surface area contributed by atoms with Gasteiger partial charge in [-0.3, -0.25) is 4.99 Å². The second kappa shape index (κ2) is 10.6. The second-order valence-electron chi connectivity index (χ2n) is 6.24. The Morgan fingerprint density at radius 2 is 2.08 bits per heavy atom. The van der Waals surface area contributed by atoms with Gasteiger partial charge in [-0.15, -0.1) is 0 Å². The van der Waals surface area contributed by atoms with E-state index in [9.17, 15) is 0 Å². The Morgan fingerprint density at radius 3 is 2.79 bits per heavy atom. The molecule has 1 saturated heterocycles. The van der Waals surface area contributed by atoms with E-state index < -0.39 is 0 Å². The monoisotopic (exact) mass is 349 g/mol. The molecule has 0 amide bonds. The van der Waals surface area contributed by atoms with Gasteiger partial charge in [-0.05, 0) is 38.5 Å². The summed E-state index contributed by atoms with van der Waals surface area (Å²) in [6, 6.07) is 8.73. The van der Waals surface area contributed by atoms with Crippen LogP contribution in [0.5, 0.6) is 0 Å². The fourth-order valence-electron chi connectivity index (χ4n) is 2.98. The molecule has 0 aromatic heterocycles. The highest BCUT2D eigenvalue weighted by Crippen LogP contribution is 2.33. The fourth-order valence-corrected chi connectivity index (χ4v) is 3.28. The van der Waals surface area contributed by atoms with Crippen LogP contribution in [0, 0.1) is 12.8 Å². The highest BCUT2D eigenvalue weighted by molar-refractivity contribution is 7.98. The third kappa shape index (κ3) is 6.02. The van der Waals surface area contributed by atoms with E-state index in [-0.39, 0.29) is 6.10 Å². The van der Waals surface area contributed by atoms with Crippen molar-refractivity contribution in [2.45, 2.75) is 32.8 Å². The maximum absolute atomic E-state index is 6.09. The lowest BCUT2D eigenvalue weighted by Crippen LogP contribution is -2.39. The highest BCUT2D eigenvalue weighted by Gasteiger charge is 2.27. The minimum Gasteiger partial charge on any atom is -0.373 e. The Hall–Kier alpha value is -1.20. The first-order valence-corrected chi connectivity index (χ1v) is 10.3. The van der Waals surface area contributed by atoms with Crippen LogP contribution in [0.2, 0.25) is 0 Å². The smallest absolute Gasteiger partial charge is 0.191 e. The predicted molar refractivity (Wildman–Crippen MR) is 105 cm³/mol. The maximum Gasteiger partial charge on any atom is 0.191 e. The van der Waals surface area contributed by atoms with Crippen LogP contribution in [0.15, 0.2) is 29.3 Å². The number of ether oxygens (including phenoxy) is 1. The molecule has 2 N–H and O–H groups in total. The largest absolute Gasteiger partial charge is 0.373 e. The molecule has 0 bridgehead atoms. The first-order valence-electron chi connectivity index (χ1n) is 8.94. The number of aliphatic imine (C=N–C) groups is 1. The van der Waals surface area contributed by atoms with Crippen molar-refractivity contribution < 1.29 is 4.74 Å². The molecule has 2 unspecified atom stereocenters. The molecule has 1 aliphatic heterocycles. The van der Waals surface area contributed by atoms with Crippen LogP contribution in [0.25, 0.3) is 0 Å². The summed E-state index contributed by atoms with van der Waals surface area (Å²) in [4.78, 5) is 4.81. The van der Waals surface area contributed by atoms with Gasteiger partial charge in [0.25, 0.3) is 0 Å². The molecule has 5 heteroatoms. The molecule has 0 aliphatic carbocycles. The molecule has 2 atom stereocenters. The summed E-state index contributed by atoms with van der Waals surface area (Å²) in [6.07, 6.45) is 4.58. The molecule has 0 saturated carbocycles. The van der Waals surface area contributed by atoms with Crippen molar-refractivity contribution in [2.24, 2.45) is 10.9 Å². The molecular weight excluding hydrogens is 318 g/mol. The molecule has 134 valence electrons. The molecular formula is C19H31N3OS. The van der Waals surface area contributed by atoms with E-state index in [0.29, 0.717) is 5.92 Å². The van der Waals surface area contributed by atoms with Crippen molar-refractivity contribution in [1.29, 1.82) is 0 Å². The number of rotatable bonds is 7.